The van der Waals surface area contributed by atoms with E-state index in [9.17, 15) is 4.39 Å². The highest BCUT2D eigenvalue weighted by atomic mass is 19.1. The predicted octanol–water partition coefficient (Wildman–Crippen LogP) is -0.111. The molecule has 0 heterocycles. The van der Waals surface area contributed by atoms with Gasteiger partial charge in [0.2, 0.25) is 0 Å². The molecule has 0 fully saturated rings. The highest BCUT2D eigenvalue weighted by Crippen LogP contribution is 2.06. The van der Waals surface area contributed by atoms with Crippen molar-refractivity contribution in [2.75, 3.05) is 34.2 Å². The van der Waals surface area contributed by atoms with E-state index in [1.165, 1.54) is 6.07 Å². The molecule has 1 rings (SSSR count). The lowest BCUT2D eigenvalue weighted by Crippen LogP contribution is -2.31. The van der Waals surface area contributed by atoms with Crippen LogP contribution in [0.3, 0.4) is 0 Å². The Morgan fingerprint density at radius 3 is 2.37 bits per heavy atom. The minimum absolute atomic E-state index is 0.191. The minimum atomic E-state index is -1.63. The van der Waals surface area contributed by atoms with Gasteiger partial charge in [-0.3, -0.25) is 0 Å². The van der Waals surface area contributed by atoms with Crippen LogP contribution in [0.1, 0.15) is 12.0 Å². The molecule has 0 atom stereocenters. The van der Waals surface area contributed by atoms with Gasteiger partial charge in [-0.15, -0.1) is 0 Å². The fourth-order valence-electron chi connectivity index (χ4n) is 1.96. The van der Waals surface area contributed by atoms with Crippen LogP contribution >= 0.6 is 0 Å². The van der Waals surface area contributed by atoms with Crippen molar-refractivity contribution in [1.82, 2.24) is 9.80 Å². The summed E-state index contributed by atoms with van der Waals surface area (Å²) >= 11 is 0. The van der Waals surface area contributed by atoms with Gasteiger partial charge in [-0.1, -0.05) is 6.07 Å². The topological polar surface area (TPSA) is 46.9 Å². The maximum atomic E-state index is 13.3. The van der Waals surface area contributed by atoms with Crippen molar-refractivity contribution in [2.24, 2.45) is 0 Å². The molecule has 2 N–H and O–H groups in total. The lowest BCUT2D eigenvalue weighted by Gasteiger charge is -2.18. The third-order valence-electron chi connectivity index (χ3n) is 2.88. The first-order chi connectivity index (χ1) is 8.88. The number of halogens is 1. The molecule has 0 aromatic heterocycles. The fourth-order valence-corrected chi connectivity index (χ4v) is 1.96. The summed E-state index contributed by atoms with van der Waals surface area (Å²) in [4.78, 5) is 4.21. The molecule has 19 heavy (non-hydrogen) atoms. The van der Waals surface area contributed by atoms with Crippen molar-refractivity contribution in [2.45, 2.75) is 13.0 Å². The van der Waals surface area contributed by atoms with Crippen LogP contribution < -0.4 is 5.46 Å². The van der Waals surface area contributed by atoms with Crippen LogP contribution in [0, 0.1) is 5.82 Å². The number of benzene rings is 1. The molecule has 0 amide bonds. The highest BCUT2D eigenvalue weighted by molar-refractivity contribution is 6.58. The Labute approximate surface area is 114 Å². The van der Waals surface area contributed by atoms with Gasteiger partial charge in [0.1, 0.15) is 5.82 Å². The summed E-state index contributed by atoms with van der Waals surface area (Å²) in [7, 11) is 4.40. The van der Waals surface area contributed by atoms with Gasteiger partial charge >= 0.3 is 7.12 Å². The Bertz CT molecular complexity index is 402. The van der Waals surface area contributed by atoms with Gasteiger partial charge in [0.05, 0.1) is 0 Å². The zero-order valence-electron chi connectivity index (χ0n) is 11.8. The Balaban J connectivity index is 2.56. The second-order valence-electron chi connectivity index (χ2n) is 5.16. The van der Waals surface area contributed by atoms with Gasteiger partial charge in [0, 0.05) is 6.54 Å². The first-order valence-corrected chi connectivity index (χ1v) is 6.37. The third-order valence-corrected chi connectivity index (χ3v) is 2.88. The molecule has 1 aromatic carbocycles. The molecule has 0 spiro atoms. The van der Waals surface area contributed by atoms with E-state index in [2.05, 4.69) is 9.80 Å². The molecule has 1 aromatic rings. The van der Waals surface area contributed by atoms with Crippen molar-refractivity contribution in [3.8, 4) is 0 Å². The van der Waals surface area contributed by atoms with E-state index in [1.54, 1.807) is 6.07 Å². The predicted molar refractivity (Wildman–Crippen MR) is 75.7 cm³/mol. The molecule has 4 nitrogen and oxygen atoms in total. The Hall–Kier alpha value is -0.945. The molecule has 0 aliphatic rings. The van der Waals surface area contributed by atoms with Crippen LogP contribution in [0.25, 0.3) is 0 Å². The van der Waals surface area contributed by atoms with E-state index in [1.807, 2.05) is 21.1 Å². The number of hydrogen-bond donors (Lipinski definition) is 2. The van der Waals surface area contributed by atoms with E-state index in [4.69, 9.17) is 10.0 Å². The smallest absolute Gasteiger partial charge is 0.423 e. The van der Waals surface area contributed by atoms with Gasteiger partial charge in [-0.2, -0.15) is 0 Å². The van der Waals surface area contributed by atoms with E-state index >= 15 is 0 Å². The van der Waals surface area contributed by atoms with Crippen molar-refractivity contribution in [1.29, 1.82) is 0 Å². The first kappa shape index (κ1) is 16.1. The van der Waals surface area contributed by atoms with Crippen LogP contribution in [0.4, 0.5) is 4.39 Å². The molecule has 0 unspecified atom stereocenters. The van der Waals surface area contributed by atoms with E-state index in [-0.39, 0.29) is 5.46 Å². The first-order valence-electron chi connectivity index (χ1n) is 6.37. The van der Waals surface area contributed by atoms with E-state index < -0.39 is 12.9 Å². The summed E-state index contributed by atoms with van der Waals surface area (Å²) in [5.74, 6) is -0.442. The zero-order valence-corrected chi connectivity index (χ0v) is 11.8. The summed E-state index contributed by atoms with van der Waals surface area (Å²) < 4.78 is 13.3. The van der Waals surface area contributed by atoms with Gasteiger partial charge in [0.15, 0.2) is 0 Å². The lowest BCUT2D eigenvalue weighted by molar-refractivity contribution is 0.294. The normalized spacial score (nSPS) is 11.4. The number of hydrogen-bond acceptors (Lipinski definition) is 4. The molecule has 0 aliphatic heterocycles. The van der Waals surface area contributed by atoms with Crippen molar-refractivity contribution in [3.63, 3.8) is 0 Å². The average Bonchev–Trinajstić information content (AvgIpc) is 2.27. The monoisotopic (exact) mass is 268 g/mol. The lowest BCUT2D eigenvalue weighted by atomic mass is 9.79. The second-order valence-corrected chi connectivity index (χ2v) is 5.16. The summed E-state index contributed by atoms with van der Waals surface area (Å²) in [6.07, 6.45) is 1.04. The second kappa shape index (κ2) is 7.60. The highest BCUT2D eigenvalue weighted by Gasteiger charge is 2.13. The Morgan fingerprint density at radius 1 is 1.11 bits per heavy atom. The van der Waals surface area contributed by atoms with E-state index in [0.717, 1.165) is 31.1 Å². The maximum Gasteiger partial charge on any atom is 0.488 e. The zero-order chi connectivity index (χ0) is 14.4. The molecule has 0 radical (unpaired) electrons. The molecular weight excluding hydrogens is 246 g/mol. The molecule has 0 saturated heterocycles. The fraction of sp³-hybridized carbons (Fsp3) is 0.538. The minimum Gasteiger partial charge on any atom is -0.423 e. The van der Waals surface area contributed by atoms with Gasteiger partial charge < -0.3 is 19.8 Å². The quantitative estimate of drug-likeness (QED) is 0.677. The van der Waals surface area contributed by atoms with Gasteiger partial charge in [0.25, 0.3) is 0 Å². The Morgan fingerprint density at radius 2 is 1.79 bits per heavy atom. The summed E-state index contributed by atoms with van der Waals surface area (Å²) in [6.45, 7) is 2.50. The molecule has 0 aliphatic carbocycles. The summed E-state index contributed by atoms with van der Waals surface area (Å²) in [5, 5.41) is 18.2. The van der Waals surface area contributed by atoms with Crippen molar-refractivity contribution >= 4 is 12.6 Å². The summed E-state index contributed by atoms with van der Waals surface area (Å²) in [6, 6.07) is 4.19. The SMILES string of the molecule is CN(C)CCCN(C)Cc1cc(F)cc(B(O)O)c1. The van der Waals surface area contributed by atoms with Crippen molar-refractivity contribution < 1.29 is 14.4 Å². The Kier molecular flexibility index (Phi) is 6.44. The average molecular weight is 268 g/mol. The van der Waals surface area contributed by atoms with Gasteiger partial charge in [-0.25, -0.2) is 4.39 Å². The molecule has 6 heteroatoms. The number of rotatable bonds is 7. The van der Waals surface area contributed by atoms with Gasteiger partial charge in [-0.05, 0) is 63.8 Å². The van der Waals surface area contributed by atoms with Crippen molar-refractivity contribution in [3.05, 3.63) is 29.6 Å². The molecule has 106 valence electrons. The molecule has 0 saturated carbocycles. The third kappa shape index (κ3) is 6.16. The van der Waals surface area contributed by atoms with E-state index in [0.29, 0.717) is 6.54 Å². The number of nitrogens with zero attached hydrogens (tertiary/aromatic N) is 2. The summed E-state index contributed by atoms with van der Waals surface area (Å²) in [5.41, 5.74) is 0.937. The van der Waals surface area contributed by atoms with Crippen LogP contribution in [0.15, 0.2) is 18.2 Å². The van der Waals surface area contributed by atoms with Crippen LogP contribution in [-0.2, 0) is 6.54 Å². The molecular formula is C13H22BFN2O2. The maximum absolute atomic E-state index is 13.3. The van der Waals surface area contributed by atoms with Crippen LogP contribution in [0.5, 0.6) is 0 Å². The largest absolute Gasteiger partial charge is 0.488 e. The molecule has 0 bridgehead atoms. The standard InChI is InChI=1S/C13H22BFN2O2/c1-16(2)5-4-6-17(3)10-11-7-12(14(18)19)9-13(15)8-11/h7-9,18-19H,4-6,10H2,1-3H3. The van der Waals surface area contributed by atoms with Crippen LogP contribution in [-0.4, -0.2) is 61.2 Å². The van der Waals surface area contributed by atoms with Crippen LogP contribution in [0.2, 0.25) is 0 Å².